The molecule has 0 aliphatic rings. The summed E-state index contributed by atoms with van der Waals surface area (Å²) in [6, 6.07) is 10.1. The largest absolute Gasteiger partial charge is 0.352 e. The van der Waals surface area contributed by atoms with Crippen LogP contribution in [0.25, 0.3) is 0 Å². The molecule has 2 rings (SSSR count). The molecule has 0 radical (unpaired) electrons. The molecule has 160 valence electrons. The topological polar surface area (TPSA) is 78.5 Å². The molecule has 0 atom stereocenters. The maximum absolute atomic E-state index is 12.9. The number of carbonyl (C=O) groups is 3. The van der Waals surface area contributed by atoms with Crippen molar-refractivity contribution in [3.63, 3.8) is 0 Å². The number of anilines is 1. The normalized spacial score (nSPS) is 10.4. The molecule has 6 nitrogen and oxygen atoms in total. The van der Waals surface area contributed by atoms with Crippen molar-refractivity contribution in [3.05, 3.63) is 63.9 Å². The van der Waals surface area contributed by atoms with E-state index in [-0.39, 0.29) is 31.3 Å². The predicted octanol–water partition coefficient (Wildman–Crippen LogP) is 4.13. The van der Waals surface area contributed by atoms with Gasteiger partial charge in [0.05, 0.1) is 22.3 Å². The number of likely N-dealkylation sites (N-methyl/N-ethyl adjacent to an activating group) is 1. The molecule has 2 aromatic carbocycles. The van der Waals surface area contributed by atoms with Crippen molar-refractivity contribution < 1.29 is 18.8 Å². The van der Waals surface area contributed by atoms with Gasteiger partial charge in [-0.15, -0.1) is 0 Å². The highest BCUT2D eigenvalue weighted by Gasteiger charge is 2.17. The molecule has 0 bridgehead atoms. The van der Waals surface area contributed by atoms with E-state index in [1.165, 1.54) is 29.2 Å². The summed E-state index contributed by atoms with van der Waals surface area (Å²) >= 11 is 12.1. The SMILES string of the molecule is CCN(CC(=O)Nc1c(Cl)cccc1Cl)C(=O)CCCNC(=O)c1ccc(F)cc1. The van der Waals surface area contributed by atoms with E-state index in [9.17, 15) is 18.8 Å². The lowest BCUT2D eigenvalue weighted by Crippen LogP contribution is -2.38. The van der Waals surface area contributed by atoms with Crippen molar-refractivity contribution in [1.82, 2.24) is 10.2 Å². The minimum absolute atomic E-state index is 0.140. The summed E-state index contributed by atoms with van der Waals surface area (Å²) in [6.07, 6.45) is 0.567. The highest BCUT2D eigenvalue weighted by atomic mass is 35.5. The average Bonchev–Trinajstić information content (AvgIpc) is 2.72. The predicted molar refractivity (Wildman–Crippen MR) is 115 cm³/mol. The van der Waals surface area contributed by atoms with Crippen LogP contribution in [0.1, 0.15) is 30.1 Å². The number of para-hydroxylation sites is 1. The van der Waals surface area contributed by atoms with E-state index in [1.807, 2.05) is 0 Å². The molecule has 2 aromatic rings. The Hall–Kier alpha value is -2.64. The van der Waals surface area contributed by atoms with Crippen LogP contribution in [0, 0.1) is 5.82 Å². The number of nitrogens with one attached hydrogen (secondary N) is 2. The first kappa shape index (κ1) is 23.6. The van der Waals surface area contributed by atoms with Gasteiger partial charge in [-0.2, -0.15) is 0 Å². The Labute approximate surface area is 184 Å². The maximum atomic E-state index is 12.9. The number of nitrogens with zero attached hydrogens (tertiary/aromatic N) is 1. The quantitative estimate of drug-likeness (QED) is 0.560. The van der Waals surface area contributed by atoms with E-state index in [0.717, 1.165) is 0 Å². The summed E-state index contributed by atoms with van der Waals surface area (Å²) in [6.45, 7) is 2.26. The molecule has 30 heavy (non-hydrogen) atoms. The molecule has 0 spiro atoms. The van der Waals surface area contributed by atoms with E-state index < -0.39 is 11.7 Å². The Morgan fingerprint density at radius 2 is 1.67 bits per heavy atom. The van der Waals surface area contributed by atoms with Gasteiger partial charge in [0.2, 0.25) is 11.8 Å². The number of halogens is 3. The van der Waals surface area contributed by atoms with Crippen molar-refractivity contribution in [3.8, 4) is 0 Å². The number of hydrogen-bond acceptors (Lipinski definition) is 3. The van der Waals surface area contributed by atoms with E-state index in [0.29, 0.717) is 34.3 Å². The number of benzene rings is 2. The van der Waals surface area contributed by atoms with Crippen molar-refractivity contribution >= 4 is 46.6 Å². The van der Waals surface area contributed by atoms with Crippen molar-refractivity contribution in [1.29, 1.82) is 0 Å². The van der Waals surface area contributed by atoms with Crippen LogP contribution in [0.5, 0.6) is 0 Å². The molecular weight excluding hydrogens is 432 g/mol. The monoisotopic (exact) mass is 453 g/mol. The van der Waals surface area contributed by atoms with Gasteiger partial charge in [-0.1, -0.05) is 29.3 Å². The van der Waals surface area contributed by atoms with Gasteiger partial charge >= 0.3 is 0 Å². The molecule has 0 aliphatic carbocycles. The van der Waals surface area contributed by atoms with Crippen molar-refractivity contribution in [2.75, 3.05) is 25.0 Å². The fourth-order valence-electron chi connectivity index (χ4n) is 2.65. The van der Waals surface area contributed by atoms with Crippen LogP contribution in [0.3, 0.4) is 0 Å². The van der Waals surface area contributed by atoms with Crippen LogP contribution in [0.2, 0.25) is 10.0 Å². The third kappa shape index (κ3) is 7.00. The fourth-order valence-corrected chi connectivity index (χ4v) is 3.14. The molecule has 2 N–H and O–H groups in total. The van der Waals surface area contributed by atoms with Gasteiger partial charge in [0, 0.05) is 25.1 Å². The summed E-state index contributed by atoms with van der Waals surface area (Å²) in [5.41, 5.74) is 0.644. The second-order valence-corrected chi connectivity index (χ2v) is 7.23. The van der Waals surface area contributed by atoms with Gasteiger partial charge in [0.1, 0.15) is 5.82 Å². The molecule has 0 heterocycles. The Bertz CT molecular complexity index is 887. The summed E-state index contributed by atoms with van der Waals surface area (Å²) < 4.78 is 12.9. The zero-order valence-electron chi connectivity index (χ0n) is 16.4. The van der Waals surface area contributed by atoms with Crippen molar-refractivity contribution in [2.45, 2.75) is 19.8 Å². The van der Waals surface area contributed by atoms with Crippen LogP contribution in [0.15, 0.2) is 42.5 Å². The molecule has 0 unspecified atom stereocenters. The minimum atomic E-state index is -0.419. The lowest BCUT2D eigenvalue weighted by atomic mass is 10.2. The standard InChI is InChI=1S/C21H22Cl2FN3O3/c1-2-27(13-18(28)26-20-16(22)5-3-6-17(20)23)19(29)7-4-12-25-21(30)14-8-10-15(24)11-9-14/h3,5-6,8-11H,2,4,7,12-13H2,1H3,(H,25,30)(H,26,28). The first-order valence-electron chi connectivity index (χ1n) is 9.37. The second kappa shape index (κ2) is 11.5. The highest BCUT2D eigenvalue weighted by molar-refractivity contribution is 6.39. The average molecular weight is 454 g/mol. The lowest BCUT2D eigenvalue weighted by Gasteiger charge is -2.21. The third-order valence-corrected chi connectivity index (χ3v) is 4.89. The number of carbonyl (C=O) groups excluding carboxylic acids is 3. The summed E-state index contributed by atoms with van der Waals surface area (Å²) in [5, 5.41) is 5.91. The Balaban J connectivity index is 1.78. The van der Waals surface area contributed by atoms with Gasteiger partial charge < -0.3 is 15.5 Å². The second-order valence-electron chi connectivity index (χ2n) is 6.42. The highest BCUT2D eigenvalue weighted by Crippen LogP contribution is 2.29. The fraction of sp³-hybridized carbons (Fsp3) is 0.286. The molecule has 9 heteroatoms. The maximum Gasteiger partial charge on any atom is 0.251 e. The van der Waals surface area contributed by atoms with Crippen LogP contribution in [0.4, 0.5) is 10.1 Å². The smallest absolute Gasteiger partial charge is 0.251 e. The Morgan fingerprint density at radius 3 is 2.27 bits per heavy atom. The lowest BCUT2D eigenvalue weighted by molar-refractivity contribution is -0.134. The Morgan fingerprint density at radius 1 is 1.03 bits per heavy atom. The van der Waals surface area contributed by atoms with Crippen LogP contribution < -0.4 is 10.6 Å². The van der Waals surface area contributed by atoms with Gasteiger partial charge in [0.25, 0.3) is 5.91 Å². The van der Waals surface area contributed by atoms with Gasteiger partial charge in [-0.25, -0.2) is 4.39 Å². The molecule has 0 saturated carbocycles. The van der Waals surface area contributed by atoms with Gasteiger partial charge in [-0.05, 0) is 49.7 Å². The van der Waals surface area contributed by atoms with Gasteiger partial charge in [0.15, 0.2) is 0 Å². The van der Waals surface area contributed by atoms with E-state index >= 15 is 0 Å². The van der Waals surface area contributed by atoms with Crippen LogP contribution >= 0.6 is 23.2 Å². The summed E-state index contributed by atoms with van der Waals surface area (Å²) in [4.78, 5) is 38.0. The van der Waals surface area contributed by atoms with E-state index in [1.54, 1.807) is 25.1 Å². The molecule has 0 saturated heterocycles. The Kier molecular flexibility index (Phi) is 9.08. The first-order valence-corrected chi connectivity index (χ1v) is 10.1. The van der Waals surface area contributed by atoms with Crippen molar-refractivity contribution in [2.24, 2.45) is 0 Å². The van der Waals surface area contributed by atoms with Crippen LogP contribution in [-0.2, 0) is 9.59 Å². The molecular formula is C21H22Cl2FN3O3. The number of amides is 3. The van der Waals surface area contributed by atoms with Crippen LogP contribution in [-0.4, -0.2) is 42.3 Å². The van der Waals surface area contributed by atoms with E-state index in [2.05, 4.69) is 10.6 Å². The van der Waals surface area contributed by atoms with E-state index in [4.69, 9.17) is 23.2 Å². The minimum Gasteiger partial charge on any atom is -0.352 e. The molecule has 0 fully saturated rings. The molecule has 0 aromatic heterocycles. The number of rotatable bonds is 9. The van der Waals surface area contributed by atoms with Gasteiger partial charge in [-0.3, -0.25) is 14.4 Å². The number of hydrogen-bond donors (Lipinski definition) is 2. The molecule has 0 aliphatic heterocycles. The molecule has 3 amide bonds. The zero-order valence-corrected chi connectivity index (χ0v) is 17.9. The summed E-state index contributed by atoms with van der Waals surface area (Å²) in [7, 11) is 0. The third-order valence-electron chi connectivity index (χ3n) is 4.26. The summed E-state index contributed by atoms with van der Waals surface area (Å²) in [5.74, 6) is -1.39. The zero-order chi connectivity index (χ0) is 22.1. The first-order chi connectivity index (χ1) is 14.3.